The van der Waals surface area contributed by atoms with Crippen molar-refractivity contribution in [1.29, 1.82) is 5.26 Å². The first-order valence-corrected chi connectivity index (χ1v) is 12.1. The number of nitrogens with two attached hydrogens (primary N) is 1. The fourth-order valence-electron chi connectivity index (χ4n) is 5.10. The summed E-state index contributed by atoms with van der Waals surface area (Å²) >= 11 is 0. The van der Waals surface area contributed by atoms with E-state index in [1.807, 2.05) is 6.07 Å². The first kappa shape index (κ1) is 25.3. The number of carbonyl (C=O) groups is 2. The van der Waals surface area contributed by atoms with Crippen molar-refractivity contribution in [3.05, 3.63) is 41.5 Å². The molecule has 1 saturated carbocycles. The third kappa shape index (κ3) is 5.54. The maximum atomic E-state index is 14.5. The molecular weight excluding hydrogens is 465 g/mol. The van der Waals surface area contributed by atoms with E-state index in [9.17, 15) is 14.0 Å². The molecule has 2 aromatic heterocycles. The van der Waals surface area contributed by atoms with Crippen LogP contribution in [0.15, 0.2) is 24.5 Å². The number of pyridine rings is 2. The molecule has 3 heterocycles. The van der Waals surface area contributed by atoms with Gasteiger partial charge in [0.25, 0.3) is 5.91 Å². The molecule has 36 heavy (non-hydrogen) atoms. The highest BCUT2D eigenvalue weighted by molar-refractivity contribution is 5.99. The maximum absolute atomic E-state index is 14.5. The molecule has 0 atom stereocenters. The molecule has 0 unspecified atom stereocenters. The van der Waals surface area contributed by atoms with Crippen LogP contribution in [-0.4, -0.2) is 54.1 Å². The van der Waals surface area contributed by atoms with Gasteiger partial charge in [0.2, 0.25) is 5.91 Å². The Hall–Kier alpha value is -3.78. The van der Waals surface area contributed by atoms with Gasteiger partial charge in [-0.3, -0.25) is 9.59 Å². The highest BCUT2D eigenvalue weighted by atomic mass is 19.1. The molecule has 4 rings (SSSR count). The zero-order valence-corrected chi connectivity index (χ0v) is 20.2. The minimum Gasteiger partial charge on any atom is -0.381 e. The van der Waals surface area contributed by atoms with Crippen molar-refractivity contribution in [2.45, 2.75) is 50.6 Å². The topological polar surface area (TPSA) is 146 Å². The van der Waals surface area contributed by atoms with Crippen LogP contribution >= 0.6 is 0 Å². The molecule has 10 nitrogen and oxygen atoms in total. The van der Waals surface area contributed by atoms with Gasteiger partial charge in [0, 0.05) is 56.7 Å². The van der Waals surface area contributed by atoms with Crippen LogP contribution in [0.4, 0.5) is 21.7 Å². The summed E-state index contributed by atoms with van der Waals surface area (Å²) in [6.07, 6.45) is 7.27. The van der Waals surface area contributed by atoms with Crippen LogP contribution in [0.2, 0.25) is 0 Å². The van der Waals surface area contributed by atoms with E-state index < -0.39 is 11.7 Å². The predicted octanol–water partition coefficient (Wildman–Crippen LogP) is 2.62. The molecule has 2 fully saturated rings. The van der Waals surface area contributed by atoms with Crippen LogP contribution in [0.5, 0.6) is 0 Å². The number of anilines is 3. The van der Waals surface area contributed by atoms with Gasteiger partial charge in [0.05, 0.1) is 16.8 Å². The van der Waals surface area contributed by atoms with E-state index in [0.29, 0.717) is 24.7 Å². The monoisotopic (exact) mass is 495 g/mol. The van der Waals surface area contributed by atoms with Gasteiger partial charge in [-0.25, -0.2) is 14.4 Å². The number of hydrogen-bond acceptors (Lipinski definition) is 8. The van der Waals surface area contributed by atoms with Crippen molar-refractivity contribution in [2.75, 3.05) is 30.5 Å². The number of nitrogens with zero attached hydrogens (tertiary/aromatic N) is 4. The Balaban J connectivity index is 1.68. The van der Waals surface area contributed by atoms with Gasteiger partial charge in [0.15, 0.2) is 11.6 Å². The van der Waals surface area contributed by atoms with Gasteiger partial charge >= 0.3 is 0 Å². The third-order valence-electron chi connectivity index (χ3n) is 6.93. The van der Waals surface area contributed by atoms with Gasteiger partial charge in [0.1, 0.15) is 11.9 Å². The van der Waals surface area contributed by atoms with Gasteiger partial charge < -0.3 is 26.0 Å². The van der Waals surface area contributed by atoms with Crippen molar-refractivity contribution in [3.63, 3.8) is 0 Å². The average Bonchev–Trinajstić information content (AvgIpc) is 2.90. The number of carbonyl (C=O) groups excluding carboxylic acids is 2. The molecule has 2 aromatic rings. The lowest BCUT2D eigenvalue weighted by molar-refractivity contribution is -0.125. The number of nitrogens with one attached hydrogen (secondary N) is 2. The number of halogens is 1. The summed E-state index contributed by atoms with van der Waals surface area (Å²) in [5, 5.41) is 14.6. The summed E-state index contributed by atoms with van der Waals surface area (Å²) in [5.41, 5.74) is 6.74. The summed E-state index contributed by atoms with van der Waals surface area (Å²) in [5.74, 6) is -1.06. The third-order valence-corrected chi connectivity index (χ3v) is 6.93. The zero-order chi connectivity index (χ0) is 25.7. The van der Waals surface area contributed by atoms with Gasteiger partial charge in [-0.1, -0.05) is 0 Å². The van der Waals surface area contributed by atoms with Crippen LogP contribution in [0.1, 0.15) is 54.4 Å². The number of rotatable bonds is 7. The molecule has 0 radical (unpaired) electrons. The van der Waals surface area contributed by atoms with E-state index in [1.54, 1.807) is 13.1 Å². The fourth-order valence-corrected chi connectivity index (χ4v) is 5.10. The number of amides is 2. The molecule has 0 aromatic carbocycles. The maximum Gasteiger partial charge on any atom is 0.252 e. The van der Waals surface area contributed by atoms with E-state index in [2.05, 4.69) is 25.5 Å². The van der Waals surface area contributed by atoms with Crippen LogP contribution in [0.25, 0.3) is 0 Å². The number of aromatic nitrogens is 2. The van der Waals surface area contributed by atoms with E-state index in [-0.39, 0.29) is 40.9 Å². The van der Waals surface area contributed by atoms with Crippen LogP contribution < -0.4 is 21.3 Å². The number of nitriles is 1. The second-order valence-electron chi connectivity index (χ2n) is 9.11. The van der Waals surface area contributed by atoms with Crippen LogP contribution in [0.3, 0.4) is 0 Å². The molecule has 2 aliphatic rings. The van der Waals surface area contributed by atoms with Crippen molar-refractivity contribution in [1.82, 2.24) is 15.3 Å². The summed E-state index contributed by atoms with van der Waals surface area (Å²) in [7, 11) is 1.65. The Morgan fingerprint density at radius 1 is 1.11 bits per heavy atom. The van der Waals surface area contributed by atoms with E-state index in [4.69, 9.17) is 15.7 Å². The van der Waals surface area contributed by atoms with Crippen LogP contribution in [-0.2, 0) is 9.53 Å². The highest BCUT2D eigenvalue weighted by Crippen LogP contribution is 2.37. The predicted molar refractivity (Wildman–Crippen MR) is 131 cm³/mol. The Morgan fingerprint density at radius 2 is 1.81 bits per heavy atom. The second kappa shape index (κ2) is 11.3. The minimum absolute atomic E-state index is 0.0292. The summed E-state index contributed by atoms with van der Waals surface area (Å²) in [6, 6.07) is 4.83. The Bertz CT molecular complexity index is 1150. The van der Waals surface area contributed by atoms with Gasteiger partial charge in [-0.05, 0) is 44.6 Å². The molecule has 1 aliphatic carbocycles. The molecule has 1 aliphatic heterocycles. The average molecular weight is 496 g/mol. The molecule has 4 N–H and O–H groups in total. The molecule has 0 spiro atoms. The number of hydrogen-bond donors (Lipinski definition) is 3. The van der Waals surface area contributed by atoms with E-state index in [1.165, 1.54) is 12.4 Å². The lowest BCUT2D eigenvalue weighted by Gasteiger charge is -2.44. The molecular formula is C25H30FN7O3. The fraction of sp³-hybridized carbons (Fsp3) is 0.480. The van der Waals surface area contributed by atoms with E-state index in [0.717, 1.165) is 44.6 Å². The van der Waals surface area contributed by atoms with Gasteiger partial charge in [-0.2, -0.15) is 5.26 Å². The highest BCUT2D eigenvalue weighted by Gasteiger charge is 2.35. The quantitative estimate of drug-likeness (QED) is 0.531. The standard InChI is InChI=1S/C25H30FN7O3/c1-29-25(35)16-2-4-17(5-3-16)33(18-6-8-36-9-7-18)21-11-22(30-14-19(21)23(28)34)32-24-20(26)10-15(12-27)13-31-24/h10-11,13-14,16-18H,2-9H2,1H3,(H2,28,34)(H,29,35)(H,30,31,32). The largest absolute Gasteiger partial charge is 0.381 e. The second-order valence-corrected chi connectivity index (χ2v) is 9.11. The molecule has 1 saturated heterocycles. The zero-order valence-electron chi connectivity index (χ0n) is 20.2. The summed E-state index contributed by atoms with van der Waals surface area (Å²) in [4.78, 5) is 35.1. The van der Waals surface area contributed by atoms with E-state index >= 15 is 0 Å². The molecule has 2 amide bonds. The lowest BCUT2D eigenvalue weighted by atomic mass is 9.83. The van der Waals surface area contributed by atoms with Crippen LogP contribution in [0, 0.1) is 23.1 Å². The summed E-state index contributed by atoms with van der Waals surface area (Å²) in [6.45, 7) is 1.22. The number of primary amides is 1. The van der Waals surface area contributed by atoms with Gasteiger partial charge in [-0.15, -0.1) is 0 Å². The smallest absolute Gasteiger partial charge is 0.252 e. The van der Waals surface area contributed by atoms with Crippen molar-refractivity contribution >= 4 is 29.1 Å². The Morgan fingerprint density at radius 3 is 2.42 bits per heavy atom. The van der Waals surface area contributed by atoms with Crippen molar-refractivity contribution in [2.24, 2.45) is 11.7 Å². The van der Waals surface area contributed by atoms with Crippen molar-refractivity contribution < 1.29 is 18.7 Å². The summed E-state index contributed by atoms with van der Waals surface area (Å²) < 4.78 is 20.0. The first-order valence-electron chi connectivity index (χ1n) is 12.1. The first-order chi connectivity index (χ1) is 17.4. The molecule has 11 heteroatoms. The SMILES string of the molecule is CNC(=O)C1CCC(N(c2cc(Nc3ncc(C#N)cc3F)ncc2C(N)=O)C2CCOCC2)CC1. The van der Waals surface area contributed by atoms with Crippen molar-refractivity contribution in [3.8, 4) is 6.07 Å². The lowest BCUT2D eigenvalue weighted by Crippen LogP contribution is -2.49. The Labute approximate surface area is 209 Å². The number of ether oxygens (including phenoxy) is 1. The minimum atomic E-state index is -0.690. The normalized spacial score (nSPS) is 20.2. The molecule has 0 bridgehead atoms. The molecule has 190 valence electrons. The Kier molecular flexibility index (Phi) is 7.95.